The van der Waals surface area contributed by atoms with Crippen LogP contribution in [0.4, 0.5) is 0 Å². The summed E-state index contributed by atoms with van der Waals surface area (Å²) in [6.07, 6.45) is 4.84. The minimum atomic E-state index is 0.649. The number of ether oxygens (including phenoxy) is 1. The van der Waals surface area contributed by atoms with Crippen molar-refractivity contribution in [3.63, 3.8) is 0 Å². The lowest BCUT2D eigenvalue weighted by Gasteiger charge is -2.22. The van der Waals surface area contributed by atoms with Gasteiger partial charge in [0.2, 0.25) is 0 Å². The van der Waals surface area contributed by atoms with Crippen LogP contribution in [-0.2, 0) is 7.05 Å². The molecule has 3 heteroatoms. The average molecular weight is 244 g/mol. The summed E-state index contributed by atoms with van der Waals surface area (Å²) >= 11 is 0. The molecule has 3 nitrogen and oxygen atoms in total. The third-order valence-electron chi connectivity index (χ3n) is 3.97. The van der Waals surface area contributed by atoms with E-state index in [0.717, 1.165) is 18.8 Å². The van der Waals surface area contributed by atoms with Gasteiger partial charge in [0.15, 0.2) is 0 Å². The lowest BCUT2D eigenvalue weighted by Crippen LogP contribution is -2.28. The first kappa shape index (κ1) is 11.6. The fourth-order valence-corrected chi connectivity index (χ4v) is 2.96. The predicted molar refractivity (Wildman–Crippen MR) is 74.3 cm³/mol. The Bertz CT molecular complexity index is 553. The van der Waals surface area contributed by atoms with Gasteiger partial charge >= 0.3 is 0 Å². The highest BCUT2D eigenvalue weighted by molar-refractivity contribution is 5.85. The van der Waals surface area contributed by atoms with Crippen LogP contribution in [0.1, 0.15) is 24.3 Å². The molecule has 0 aliphatic carbocycles. The molecule has 0 saturated carbocycles. The standard InChI is InChI=1S/C15H20N2O/c1-17-10-14(11-4-3-7-16-9-11)13-6-5-12(18-2)8-15(13)17/h5-6,8,10-11,16H,3-4,7,9H2,1-2H3. The van der Waals surface area contributed by atoms with Gasteiger partial charge in [0, 0.05) is 31.2 Å². The van der Waals surface area contributed by atoms with Crippen LogP contribution < -0.4 is 10.1 Å². The molecular weight excluding hydrogens is 224 g/mol. The molecule has 0 bridgehead atoms. The molecule has 0 spiro atoms. The first-order valence-corrected chi connectivity index (χ1v) is 6.63. The third-order valence-corrected chi connectivity index (χ3v) is 3.97. The Kier molecular flexibility index (Phi) is 3.00. The Morgan fingerprint density at radius 2 is 2.28 bits per heavy atom. The SMILES string of the molecule is COc1ccc2c(C3CCCNC3)cn(C)c2c1. The van der Waals surface area contributed by atoms with E-state index in [1.165, 1.54) is 29.3 Å². The van der Waals surface area contributed by atoms with Crippen molar-refractivity contribution in [2.45, 2.75) is 18.8 Å². The molecule has 1 fully saturated rings. The Hall–Kier alpha value is -1.48. The molecule has 1 atom stereocenters. The van der Waals surface area contributed by atoms with Crippen LogP contribution >= 0.6 is 0 Å². The van der Waals surface area contributed by atoms with Gasteiger partial charge in [0.05, 0.1) is 12.6 Å². The highest BCUT2D eigenvalue weighted by atomic mass is 16.5. The van der Waals surface area contributed by atoms with E-state index in [0.29, 0.717) is 5.92 Å². The number of nitrogens with one attached hydrogen (secondary N) is 1. The average Bonchev–Trinajstić information content (AvgIpc) is 2.77. The van der Waals surface area contributed by atoms with E-state index in [-0.39, 0.29) is 0 Å². The number of piperidine rings is 1. The van der Waals surface area contributed by atoms with Gasteiger partial charge in [-0.05, 0) is 43.0 Å². The van der Waals surface area contributed by atoms with Crippen LogP contribution in [-0.4, -0.2) is 24.8 Å². The number of methoxy groups -OCH3 is 1. The highest BCUT2D eigenvalue weighted by Gasteiger charge is 2.19. The molecule has 0 amide bonds. The number of benzene rings is 1. The van der Waals surface area contributed by atoms with E-state index in [9.17, 15) is 0 Å². The van der Waals surface area contributed by atoms with Crippen LogP contribution in [0.25, 0.3) is 10.9 Å². The summed E-state index contributed by atoms with van der Waals surface area (Å²) in [4.78, 5) is 0. The van der Waals surface area contributed by atoms with Crippen molar-refractivity contribution in [3.8, 4) is 5.75 Å². The zero-order valence-corrected chi connectivity index (χ0v) is 11.1. The summed E-state index contributed by atoms with van der Waals surface area (Å²) in [6.45, 7) is 2.26. The van der Waals surface area contributed by atoms with Crippen molar-refractivity contribution in [2.75, 3.05) is 20.2 Å². The molecule has 2 heterocycles. The summed E-state index contributed by atoms with van der Waals surface area (Å²) in [7, 11) is 3.83. The van der Waals surface area contributed by atoms with Crippen molar-refractivity contribution in [3.05, 3.63) is 30.0 Å². The number of aryl methyl sites for hydroxylation is 1. The van der Waals surface area contributed by atoms with Crippen LogP contribution in [0, 0.1) is 0 Å². The molecule has 0 radical (unpaired) electrons. The van der Waals surface area contributed by atoms with Crippen molar-refractivity contribution in [2.24, 2.45) is 7.05 Å². The van der Waals surface area contributed by atoms with E-state index < -0.39 is 0 Å². The van der Waals surface area contributed by atoms with Gasteiger partial charge in [-0.25, -0.2) is 0 Å². The predicted octanol–water partition coefficient (Wildman–Crippen LogP) is 2.65. The maximum absolute atomic E-state index is 5.31. The zero-order chi connectivity index (χ0) is 12.5. The topological polar surface area (TPSA) is 26.2 Å². The van der Waals surface area contributed by atoms with Crippen LogP contribution in [0.15, 0.2) is 24.4 Å². The Labute approximate surface area is 108 Å². The van der Waals surface area contributed by atoms with E-state index in [1.807, 2.05) is 0 Å². The summed E-state index contributed by atoms with van der Waals surface area (Å²) in [6, 6.07) is 6.37. The summed E-state index contributed by atoms with van der Waals surface area (Å²) in [5.41, 5.74) is 2.73. The van der Waals surface area contributed by atoms with Crippen LogP contribution in [0.2, 0.25) is 0 Å². The van der Waals surface area contributed by atoms with Crippen molar-refractivity contribution in [1.29, 1.82) is 0 Å². The summed E-state index contributed by atoms with van der Waals surface area (Å²) in [5.74, 6) is 1.58. The molecule has 1 saturated heterocycles. The van der Waals surface area contributed by atoms with E-state index >= 15 is 0 Å². The number of aromatic nitrogens is 1. The van der Waals surface area contributed by atoms with Gasteiger partial charge in [-0.1, -0.05) is 0 Å². The minimum absolute atomic E-state index is 0.649. The Morgan fingerprint density at radius 3 is 3.00 bits per heavy atom. The molecule has 3 rings (SSSR count). The van der Waals surface area contributed by atoms with E-state index in [1.54, 1.807) is 7.11 Å². The molecule has 1 unspecified atom stereocenters. The number of fused-ring (bicyclic) bond motifs is 1. The molecule has 1 aromatic heterocycles. The molecule has 1 aliphatic heterocycles. The lowest BCUT2D eigenvalue weighted by atomic mass is 9.91. The summed E-state index contributed by atoms with van der Waals surface area (Å²) in [5, 5.41) is 4.86. The minimum Gasteiger partial charge on any atom is -0.497 e. The van der Waals surface area contributed by atoms with Gasteiger partial charge in [-0.15, -0.1) is 0 Å². The van der Waals surface area contributed by atoms with Crippen molar-refractivity contribution in [1.82, 2.24) is 9.88 Å². The molecule has 1 aromatic carbocycles. The van der Waals surface area contributed by atoms with Gasteiger partial charge in [-0.2, -0.15) is 0 Å². The normalized spacial score (nSPS) is 20.2. The Balaban J connectivity index is 2.07. The maximum atomic E-state index is 5.31. The van der Waals surface area contributed by atoms with Gasteiger partial charge in [0.25, 0.3) is 0 Å². The van der Waals surface area contributed by atoms with Gasteiger partial charge in [-0.3, -0.25) is 0 Å². The van der Waals surface area contributed by atoms with E-state index in [2.05, 4.69) is 41.3 Å². The van der Waals surface area contributed by atoms with Gasteiger partial charge in [0.1, 0.15) is 5.75 Å². The first-order chi connectivity index (χ1) is 8.79. The van der Waals surface area contributed by atoms with E-state index in [4.69, 9.17) is 4.74 Å². The molecule has 2 aromatic rings. The molecule has 18 heavy (non-hydrogen) atoms. The second kappa shape index (κ2) is 4.65. The van der Waals surface area contributed by atoms with Crippen LogP contribution in [0.5, 0.6) is 5.75 Å². The number of hydrogen-bond donors (Lipinski definition) is 1. The quantitative estimate of drug-likeness (QED) is 0.879. The largest absolute Gasteiger partial charge is 0.497 e. The fourth-order valence-electron chi connectivity index (χ4n) is 2.96. The maximum Gasteiger partial charge on any atom is 0.120 e. The first-order valence-electron chi connectivity index (χ1n) is 6.63. The third kappa shape index (κ3) is 1.89. The second-order valence-corrected chi connectivity index (χ2v) is 5.12. The highest BCUT2D eigenvalue weighted by Crippen LogP contribution is 2.32. The number of rotatable bonds is 2. The molecule has 1 N–H and O–H groups in total. The molecular formula is C15H20N2O. The molecule has 96 valence electrons. The van der Waals surface area contributed by atoms with Crippen molar-refractivity contribution >= 4 is 10.9 Å². The lowest BCUT2D eigenvalue weighted by molar-refractivity contribution is 0.415. The smallest absolute Gasteiger partial charge is 0.120 e. The monoisotopic (exact) mass is 244 g/mol. The fraction of sp³-hybridized carbons (Fsp3) is 0.467. The number of hydrogen-bond acceptors (Lipinski definition) is 2. The summed E-state index contributed by atoms with van der Waals surface area (Å²) < 4.78 is 7.52. The van der Waals surface area contributed by atoms with Crippen molar-refractivity contribution < 1.29 is 4.74 Å². The van der Waals surface area contributed by atoms with Gasteiger partial charge < -0.3 is 14.6 Å². The number of nitrogens with zero attached hydrogens (tertiary/aromatic N) is 1. The molecule has 1 aliphatic rings. The second-order valence-electron chi connectivity index (χ2n) is 5.12. The zero-order valence-electron chi connectivity index (χ0n) is 11.1. The Morgan fingerprint density at radius 1 is 1.39 bits per heavy atom. The van der Waals surface area contributed by atoms with Crippen LogP contribution in [0.3, 0.4) is 0 Å².